The first-order valence-corrected chi connectivity index (χ1v) is 11.3. The molecule has 0 spiro atoms. The Labute approximate surface area is 173 Å². The SMILES string of the molecule is CCCCn1c(CCC(=O)NC(C)COC)nc2cc(S(=O)(=O)N(C)C)ccc21. The molecule has 2 rings (SSSR count). The van der Waals surface area contributed by atoms with Gasteiger partial charge in [-0.2, -0.15) is 0 Å². The van der Waals surface area contributed by atoms with Crippen molar-refractivity contribution in [1.82, 2.24) is 19.2 Å². The summed E-state index contributed by atoms with van der Waals surface area (Å²) in [5.74, 6) is 0.738. The summed E-state index contributed by atoms with van der Waals surface area (Å²) in [6.45, 7) is 5.25. The second-order valence-corrected chi connectivity index (χ2v) is 9.55. The number of fused-ring (bicyclic) bond motifs is 1. The molecular formula is C20H32N4O4S. The van der Waals surface area contributed by atoms with Crippen LogP contribution in [0.1, 0.15) is 38.9 Å². The smallest absolute Gasteiger partial charge is 0.242 e. The lowest BCUT2D eigenvalue weighted by Crippen LogP contribution is -2.35. The van der Waals surface area contributed by atoms with Gasteiger partial charge in [0.1, 0.15) is 5.82 Å². The van der Waals surface area contributed by atoms with Gasteiger partial charge in [0, 0.05) is 46.6 Å². The van der Waals surface area contributed by atoms with Crippen molar-refractivity contribution in [3.63, 3.8) is 0 Å². The number of methoxy groups -OCH3 is 1. The second-order valence-electron chi connectivity index (χ2n) is 7.40. The van der Waals surface area contributed by atoms with Crippen LogP contribution < -0.4 is 5.32 Å². The Morgan fingerprint density at radius 3 is 2.69 bits per heavy atom. The van der Waals surface area contributed by atoms with Gasteiger partial charge in [-0.3, -0.25) is 4.79 Å². The molecule has 0 aliphatic heterocycles. The van der Waals surface area contributed by atoms with Crippen molar-refractivity contribution in [3.05, 3.63) is 24.0 Å². The van der Waals surface area contributed by atoms with Crippen LogP contribution in [0.25, 0.3) is 11.0 Å². The first-order chi connectivity index (χ1) is 13.7. The molecule has 0 fully saturated rings. The molecule has 1 atom stereocenters. The van der Waals surface area contributed by atoms with Gasteiger partial charge < -0.3 is 14.6 Å². The minimum atomic E-state index is -3.53. The molecule has 0 bridgehead atoms. The first kappa shape index (κ1) is 23.3. The van der Waals surface area contributed by atoms with Crippen LogP contribution in [-0.2, 0) is 32.5 Å². The predicted molar refractivity (Wildman–Crippen MR) is 113 cm³/mol. The molecule has 29 heavy (non-hydrogen) atoms. The summed E-state index contributed by atoms with van der Waals surface area (Å²) in [6.07, 6.45) is 2.81. The normalized spacial score (nSPS) is 13.2. The number of carbonyl (C=O) groups excluding carboxylic acids is 1. The minimum absolute atomic E-state index is 0.0507. The highest BCUT2D eigenvalue weighted by Gasteiger charge is 2.20. The van der Waals surface area contributed by atoms with Gasteiger partial charge in [0.25, 0.3) is 0 Å². The minimum Gasteiger partial charge on any atom is -0.383 e. The van der Waals surface area contributed by atoms with Gasteiger partial charge in [-0.15, -0.1) is 0 Å². The van der Waals surface area contributed by atoms with E-state index < -0.39 is 10.0 Å². The highest BCUT2D eigenvalue weighted by atomic mass is 32.2. The number of amides is 1. The number of imidazole rings is 1. The van der Waals surface area contributed by atoms with Crippen LogP contribution in [0, 0.1) is 0 Å². The molecule has 1 N–H and O–H groups in total. The molecule has 9 heteroatoms. The van der Waals surface area contributed by atoms with E-state index in [-0.39, 0.29) is 16.8 Å². The molecule has 1 amide bonds. The van der Waals surface area contributed by atoms with Gasteiger partial charge in [-0.25, -0.2) is 17.7 Å². The van der Waals surface area contributed by atoms with E-state index in [2.05, 4.69) is 21.8 Å². The number of unbranched alkanes of at least 4 members (excludes halogenated alkanes) is 1. The van der Waals surface area contributed by atoms with Crippen LogP contribution in [0.15, 0.2) is 23.1 Å². The number of ether oxygens (including phenoxy) is 1. The summed E-state index contributed by atoms with van der Waals surface area (Å²) in [5.41, 5.74) is 1.52. The zero-order valence-electron chi connectivity index (χ0n) is 17.9. The Morgan fingerprint density at radius 1 is 1.34 bits per heavy atom. The zero-order valence-corrected chi connectivity index (χ0v) is 18.8. The van der Waals surface area contributed by atoms with Crippen molar-refractivity contribution < 1.29 is 17.9 Å². The van der Waals surface area contributed by atoms with E-state index in [4.69, 9.17) is 4.74 Å². The topological polar surface area (TPSA) is 93.5 Å². The average Bonchev–Trinajstić information content (AvgIpc) is 3.01. The van der Waals surface area contributed by atoms with Crippen molar-refractivity contribution in [2.75, 3.05) is 27.8 Å². The fourth-order valence-electron chi connectivity index (χ4n) is 3.15. The van der Waals surface area contributed by atoms with E-state index in [1.807, 2.05) is 6.92 Å². The number of aromatic nitrogens is 2. The summed E-state index contributed by atoms with van der Waals surface area (Å²) < 4.78 is 33.2. The van der Waals surface area contributed by atoms with Gasteiger partial charge in [-0.1, -0.05) is 13.3 Å². The number of rotatable bonds is 11. The molecule has 1 unspecified atom stereocenters. The molecule has 1 aromatic carbocycles. The Kier molecular flexibility index (Phi) is 8.18. The molecule has 0 aliphatic rings. The first-order valence-electron chi connectivity index (χ1n) is 9.90. The molecule has 1 aromatic heterocycles. The standard InChI is InChI=1S/C20H32N4O4S/c1-6-7-12-24-18-9-8-16(29(26,27)23(3)4)13-17(18)22-19(24)10-11-20(25)21-15(2)14-28-5/h8-9,13,15H,6-7,10-12,14H2,1-5H3,(H,21,25). The van der Waals surface area contributed by atoms with Crippen LogP contribution >= 0.6 is 0 Å². The molecule has 0 saturated heterocycles. The Hall–Kier alpha value is -1.97. The molecule has 8 nitrogen and oxygen atoms in total. The van der Waals surface area contributed by atoms with Crippen molar-refractivity contribution in [1.29, 1.82) is 0 Å². The lowest BCUT2D eigenvalue weighted by Gasteiger charge is -2.13. The van der Waals surface area contributed by atoms with Gasteiger partial charge in [-0.05, 0) is 31.5 Å². The quantitative estimate of drug-likeness (QED) is 0.597. The van der Waals surface area contributed by atoms with E-state index in [0.717, 1.165) is 30.7 Å². The monoisotopic (exact) mass is 424 g/mol. The lowest BCUT2D eigenvalue weighted by molar-refractivity contribution is -0.122. The average molecular weight is 425 g/mol. The third kappa shape index (κ3) is 5.77. The number of aryl methyl sites for hydroxylation is 2. The number of benzene rings is 1. The maximum atomic E-state index is 12.4. The Morgan fingerprint density at radius 2 is 2.07 bits per heavy atom. The van der Waals surface area contributed by atoms with Crippen LogP contribution in [0.2, 0.25) is 0 Å². The molecule has 0 radical (unpaired) electrons. The molecular weight excluding hydrogens is 392 g/mol. The molecule has 0 saturated carbocycles. The van der Waals surface area contributed by atoms with Crippen LogP contribution in [0.3, 0.4) is 0 Å². The van der Waals surface area contributed by atoms with E-state index in [1.54, 1.807) is 25.3 Å². The molecule has 1 heterocycles. The van der Waals surface area contributed by atoms with Gasteiger partial charge in [0.05, 0.1) is 22.5 Å². The summed E-state index contributed by atoms with van der Waals surface area (Å²) >= 11 is 0. The van der Waals surface area contributed by atoms with Crippen molar-refractivity contribution in [2.24, 2.45) is 0 Å². The molecule has 2 aromatic rings. The third-order valence-electron chi connectivity index (χ3n) is 4.71. The van der Waals surface area contributed by atoms with Crippen molar-refractivity contribution in [3.8, 4) is 0 Å². The highest BCUT2D eigenvalue weighted by molar-refractivity contribution is 7.89. The predicted octanol–water partition coefficient (Wildman–Crippen LogP) is 2.17. The maximum Gasteiger partial charge on any atom is 0.242 e. The number of hydrogen-bond acceptors (Lipinski definition) is 5. The van der Waals surface area contributed by atoms with E-state index >= 15 is 0 Å². The van der Waals surface area contributed by atoms with E-state index in [0.29, 0.717) is 25.0 Å². The fourth-order valence-corrected chi connectivity index (χ4v) is 4.07. The lowest BCUT2D eigenvalue weighted by atomic mass is 10.2. The number of sulfonamides is 1. The largest absolute Gasteiger partial charge is 0.383 e. The van der Waals surface area contributed by atoms with Gasteiger partial charge in [0.2, 0.25) is 15.9 Å². The summed E-state index contributed by atoms with van der Waals surface area (Å²) in [6, 6.07) is 4.98. The van der Waals surface area contributed by atoms with E-state index in [9.17, 15) is 13.2 Å². The number of nitrogens with zero attached hydrogens (tertiary/aromatic N) is 3. The van der Waals surface area contributed by atoms with Crippen LogP contribution in [0.4, 0.5) is 0 Å². The van der Waals surface area contributed by atoms with Crippen molar-refractivity contribution >= 4 is 27.0 Å². The Bertz CT molecular complexity index is 937. The fraction of sp³-hybridized carbons (Fsp3) is 0.600. The molecule has 162 valence electrons. The highest BCUT2D eigenvalue weighted by Crippen LogP contribution is 2.23. The Balaban J connectivity index is 2.29. The number of hydrogen-bond donors (Lipinski definition) is 1. The molecule has 0 aliphatic carbocycles. The van der Waals surface area contributed by atoms with Crippen molar-refractivity contribution in [2.45, 2.75) is 57.0 Å². The maximum absolute atomic E-state index is 12.4. The van der Waals surface area contributed by atoms with Gasteiger partial charge >= 0.3 is 0 Å². The third-order valence-corrected chi connectivity index (χ3v) is 6.52. The summed E-state index contributed by atoms with van der Waals surface area (Å²) in [4.78, 5) is 17.1. The zero-order chi connectivity index (χ0) is 21.6. The van der Waals surface area contributed by atoms with Crippen LogP contribution in [-0.4, -0.2) is 62.0 Å². The second kappa shape index (κ2) is 10.2. The number of carbonyl (C=O) groups is 1. The van der Waals surface area contributed by atoms with E-state index in [1.165, 1.54) is 18.4 Å². The van der Waals surface area contributed by atoms with Gasteiger partial charge in [0.15, 0.2) is 0 Å². The van der Waals surface area contributed by atoms with Crippen LogP contribution in [0.5, 0.6) is 0 Å². The number of nitrogens with one attached hydrogen (secondary N) is 1. The summed E-state index contributed by atoms with van der Waals surface area (Å²) in [7, 11) is 1.09. The summed E-state index contributed by atoms with van der Waals surface area (Å²) in [5, 5.41) is 2.90.